The Labute approximate surface area is 97.5 Å². The van der Waals surface area contributed by atoms with Gasteiger partial charge in [0.1, 0.15) is 17.8 Å². The number of primary amides is 1. The highest BCUT2D eigenvalue weighted by Crippen LogP contribution is 2.20. The lowest BCUT2D eigenvalue weighted by Gasteiger charge is -2.06. The van der Waals surface area contributed by atoms with E-state index in [4.69, 9.17) is 10.5 Å². The summed E-state index contributed by atoms with van der Waals surface area (Å²) in [6.45, 7) is 1.75. The van der Waals surface area contributed by atoms with Gasteiger partial charge >= 0.3 is 0 Å². The molecule has 17 heavy (non-hydrogen) atoms. The Morgan fingerprint density at radius 1 is 1.24 bits per heavy atom. The standard InChI is InChI=1S/C11H10N4O2/c1-7-2-8(3-10(15-7)11(12)16)17-9-4-13-6-14-5-9/h2-6H,1H3,(H2,12,16). The first kappa shape index (κ1) is 11.0. The summed E-state index contributed by atoms with van der Waals surface area (Å²) in [7, 11) is 0. The fourth-order valence-corrected chi connectivity index (χ4v) is 1.30. The van der Waals surface area contributed by atoms with Gasteiger partial charge in [0.05, 0.1) is 12.4 Å². The van der Waals surface area contributed by atoms with E-state index in [1.54, 1.807) is 13.0 Å². The molecule has 86 valence electrons. The highest BCUT2D eigenvalue weighted by atomic mass is 16.5. The SMILES string of the molecule is Cc1cc(Oc2cncnc2)cc(C(N)=O)n1. The van der Waals surface area contributed by atoms with E-state index in [0.717, 1.165) is 0 Å². The van der Waals surface area contributed by atoms with Crippen molar-refractivity contribution in [3.8, 4) is 11.5 Å². The number of ether oxygens (including phenoxy) is 1. The fraction of sp³-hybridized carbons (Fsp3) is 0.0909. The molecule has 1 amide bonds. The Balaban J connectivity index is 2.30. The van der Waals surface area contributed by atoms with E-state index in [2.05, 4.69) is 15.0 Å². The van der Waals surface area contributed by atoms with Gasteiger partial charge in [0.15, 0.2) is 5.75 Å². The van der Waals surface area contributed by atoms with Crippen LogP contribution in [0.1, 0.15) is 16.2 Å². The van der Waals surface area contributed by atoms with Crippen LogP contribution in [0.4, 0.5) is 0 Å². The van der Waals surface area contributed by atoms with Crippen LogP contribution in [0.3, 0.4) is 0 Å². The minimum atomic E-state index is -0.595. The van der Waals surface area contributed by atoms with Crippen molar-refractivity contribution in [2.45, 2.75) is 6.92 Å². The highest BCUT2D eigenvalue weighted by molar-refractivity contribution is 5.91. The summed E-state index contributed by atoms with van der Waals surface area (Å²) in [6, 6.07) is 3.17. The molecule has 0 spiro atoms. The van der Waals surface area contributed by atoms with Gasteiger partial charge in [-0.2, -0.15) is 0 Å². The Bertz CT molecular complexity index is 542. The molecule has 2 rings (SSSR count). The number of hydrogen-bond donors (Lipinski definition) is 1. The van der Waals surface area contributed by atoms with Gasteiger partial charge in [-0.25, -0.2) is 15.0 Å². The van der Waals surface area contributed by atoms with Gasteiger partial charge in [0.2, 0.25) is 0 Å². The third-order valence-corrected chi connectivity index (χ3v) is 1.95. The minimum absolute atomic E-state index is 0.164. The molecule has 2 heterocycles. The number of aryl methyl sites for hydroxylation is 1. The van der Waals surface area contributed by atoms with Crippen LogP contribution in [0, 0.1) is 6.92 Å². The van der Waals surface area contributed by atoms with Gasteiger partial charge in [-0.05, 0) is 6.92 Å². The number of rotatable bonds is 3. The van der Waals surface area contributed by atoms with Crippen LogP contribution in [0.25, 0.3) is 0 Å². The third kappa shape index (κ3) is 2.75. The van der Waals surface area contributed by atoms with E-state index in [-0.39, 0.29) is 5.69 Å². The summed E-state index contributed by atoms with van der Waals surface area (Å²) in [5.41, 5.74) is 5.97. The number of carbonyl (C=O) groups excluding carboxylic acids is 1. The smallest absolute Gasteiger partial charge is 0.267 e. The first-order valence-corrected chi connectivity index (χ1v) is 4.86. The van der Waals surface area contributed by atoms with Gasteiger partial charge in [-0.15, -0.1) is 0 Å². The van der Waals surface area contributed by atoms with Crippen molar-refractivity contribution < 1.29 is 9.53 Å². The summed E-state index contributed by atoms with van der Waals surface area (Å²) in [5.74, 6) is 0.359. The molecular weight excluding hydrogens is 220 g/mol. The van der Waals surface area contributed by atoms with Crippen LogP contribution >= 0.6 is 0 Å². The number of carbonyl (C=O) groups is 1. The quantitative estimate of drug-likeness (QED) is 0.851. The van der Waals surface area contributed by atoms with Gasteiger partial charge < -0.3 is 10.5 Å². The van der Waals surface area contributed by atoms with Crippen LogP contribution in [0.2, 0.25) is 0 Å². The predicted molar refractivity (Wildman–Crippen MR) is 59.6 cm³/mol. The third-order valence-electron chi connectivity index (χ3n) is 1.95. The van der Waals surface area contributed by atoms with Crippen LogP contribution < -0.4 is 10.5 Å². The van der Waals surface area contributed by atoms with Crippen LogP contribution in [0.15, 0.2) is 30.9 Å². The lowest BCUT2D eigenvalue weighted by molar-refractivity contribution is 0.0995. The average Bonchev–Trinajstić information content (AvgIpc) is 2.29. The average molecular weight is 230 g/mol. The number of nitrogens with zero attached hydrogens (tertiary/aromatic N) is 3. The van der Waals surface area contributed by atoms with Gasteiger partial charge in [-0.3, -0.25) is 4.79 Å². The monoisotopic (exact) mass is 230 g/mol. The van der Waals surface area contributed by atoms with E-state index in [9.17, 15) is 4.79 Å². The molecule has 0 bridgehead atoms. The molecule has 0 aliphatic heterocycles. The first-order chi connectivity index (χ1) is 8.15. The van der Waals surface area contributed by atoms with Crippen LogP contribution in [-0.2, 0) is 0 Å². The number of amides is 1. The van der Waals surface area contributed by atoms with Crippen molar-refractivity contribution in [2.75, 3.05) is 0 Å². The van der Waals surface area contributed by atoms with E-state index in [1.165, 1.54) is 24.8 Å². The number of hydrogen-bond acceptors (Lipinski definition) is 5. The molecule has 0 aliphatic carbocycles. The van der Waals surface area contributed by atoms with Crippen molar-refractivity contribution >= 4 is 5.91 Å². The maximum Gasteiger partial charge on any atom is 0.267 e. The van der Waals surface area contributed by atoms with Crippen molar-refractivity contribution in [2.24, 2.45) is 5.73 Å². The summed E-state index contributed by atoms with van der Waals surface area (Å²) >= 11 is 0. The van der Waals surface area contributed by atoms with Crippen LogP contribution in [-0.4, -0.2) is 20.9 Å². The highest BCUT2D eigenvalue weighted by Gasteiger charge is 2.07. The van der Waals surface area contributed by atoms with E-state index < -0.39 is 5.91 Å². The van der Waals surface area contributed by atoms with Crippen molar-refractivity contribution in [1.82, 2.24) is 15.0 Å². The molecule has 0 unspecified atom stereocenters. The molecule has 2 aromatic rings. The second kappa shape index (κ2) is 4.56. The zero-order chi connectivity index (χ0) is 12.3. The molecule has 2 aromatic heterocycles. The Morgan fingerprint density at radius 2 is 1.94 bits per heavy atom. The number of pyridine rings is 1. The molecule has 0 aliphatic rings. The Hall–Kier alpha value is -2.50. The topological polar surface area (TPSA) is 91.0 Å². The molecule has 0 radical (unpaired) electrons. The summed E-state index contributed by atoms with van der Waals surface area (Å²) in [4.78, 5) is 22.7. The molecule has 0 atom stereocenters. The molecule has 0 saturated carbocycles. The zero-order valence-electron chi connectivity index (χ0n) is 9.12. The molecule has 6 nitrogen and oxygen atoms in total. The van der Waals surface area contributed by atoms with Gasteiger partial charge in [0.25, 0.3) is 5.91 Å². The number of nitrogens with two attached hydrogens (primary N) is 1. The van der Waals surface area contributed by atoms with E-state index in [1.807, 2.05) is 0 Å². The first-order valence-electron chi connectivity index (χ1n) is 4.86. The molecule has 0 saturated heterocycles. The second-order valence-electron chi connectivity index (χ2n) is 3.37. The normalized spacial score (nSPS) is 9.94. The maximum atomic E-state index is 11.0. The van der Waals surface area contributed by atoms with Crippen molar-refractivity contribution in [3.63, 3.8) is 0 Å². The predicted octanol–water partition coefficient (Wildman–Crippen LogP) is 1.07. The van der Waals surface area contributed by atoms with Crippen LogP contribution in [0.5, 0.6) is 11.5 Å². The second-order valence-corrected chi connectivity index (χ2v) is 3.37. The summed E-state index contributed by atoms with van der Waals surface area (Å²) in [6.07, 6.45) is 4.44. The van der Waals surface area contributed by atoms with Crippen molar-refractivity contribution in [1.29, 1.82) is 0 Å². The van der Waals surface area contributed by atoms with Gasteiger partial charge in [0, 0.05) is 17.8 Å². The fourth-order valence-electron chi connectivity index (χ4n) is 1.30. The van der Waals surface area contributed by atoms with E-state index >= 15 is 0 Å². The lowest BCUT2D eigenvalue weighted by atomic mass is 10.3. The molecular formula is C11H10N4O2. The largest absolute Gasteiger partial charge is 0.454 e. The number of aromatic nitrogens is 3. The van der Waals surface area contributed by atoms with E-state index in [0.29, 0.717) is 17.2 Å². The Kier molecular flexibility index (Phi) is 2.95. The molecule has 0 aromatic carbocycles. The molecule has 6 heteroatoms. The maximum absolute atomic E-state index is 11.0. The van der Waals surface area contributed by atoms with Gasteiger partial charge in [-0.1, -0.05) is 0 Å². The minimum Gasteiger partial charge on any atom is -0.454 e. The molecule has 2 N–H and O–H groups in total. The summed E-state index contributed by atoms with van der Waals surface area (Å²) < 4.78 is 5.48. The Morgan fingerprint density at radius 3 is 2.59 bits per heavy atom. The van der Waals surface area contributed by atoms with Crippen molar-refractivity contribution in [3.05, 3.63) is 42.2 Å². The molecule has 0 fully saturated rings. The lowest BCUT2D eigenvalue weighted by Crippen LogP contribution is -2.13. The summed E-state index contributed by atoms with van der Waals surface area (Å²) in [5, 5.41) is 0. The zero-order valence-corrected chi connectivity index (χ0v) is 9.12.